The molecule has 3 N–H and O–H groups in total. The van der Waals surface area contributed by atoms with E-state index in [0.29, 0.717) is 5.52 Å². The van der Waals surface area contributed by atoms with Crippen LogP contribution in [0.3, 0.4) is 0 Å². The Hall–Kier alpha value is -1.40. The van der Waals surface area contributed by atoms with E-state index >= 15 is 0 Å². The maximum atomic E-state index is 13.2. The lowest BCUT2D eigenvalue weighted by molar-refractivity contribution is 0.571. The van der Waals surface area contributed by atoms with Crippen LogP contribution in [0.15, 0.2) is 29.3 Å². The SMILES string of the molecule is NS(=O)(=O)c1c(F)ccc2[nH]ccc12. The predicted octanol–water partition coefficient (Wildman–Crippen LogP) is 0.954. The molecule has 0 aliphatic carbocycles. The summed E-state index contributed by atoms with van der Waals surface area (Å²) in [7, 11) is -4.02. The highest BCUT2D eigenvalue weighted by molar-refractivity contribution is 7.89. The number of nitrogens with one attached hydrogen (secondary N) is 1. The molecular formula is C8H7FN2O2S. The van der Waals surface area contributed by atoms with Gasteiger partial charge in [-0.2, -0.15) is 0 Å². The van der Waals surface area contributed by atoms with Gasteiger partial charge in [0.05, 0.1) is 0 Å². The summed E-state index contributed by atoms with van der Waals surface area (Å²) in [6, 6.07) is 4.00. The molecule has 1 aromatic carbocycles. The minimum absolute atomic E-state index is 0.271. The molecule has 0 fully saturated rings. The Labute approximate surface area is 79.6 Å². The van der Waals surface area contributed by atoms with Gasteiger partial charge >= 0.3 is 0 Å². The van der Waals surface area contributed by atoms with Gasteiger partial charge in [-0.3, -0.25) is 0 Å². The first-order chi connectivity index (χ1) is 6.50. The lowest BCUT2D eigenvalue weighted by Gasteiger charge is -2.01. The van der Waals surface area contributed by atoms with Crippen molar-refractivity contribution < 1.29 is 12.8 Å². The zero-order valence-corrected chi connectivity index (χ0v) is 7.81. The summed E-state index contributed by atoms with van der Waals surface area (Å²) in [5.41, 5.74) is 0.537. The van der Waals surface area contributed by atoms with E-state index in [0.717, 1.165) is 6.07 Å². The van der Waals surface area contributed by atoms with Gasteiger partial charge in [-0.15, -0.1) is 0 Å². The lowest BCUT2D eigenvalue weighted by Crippen LogP contribution is -2.14. The summed E-state index contributed by atoms with van der Waals surface area (Å²) in [5.74, 6) is -0.834. The highest BCUT2D eigenvalue weighted by Gasteiger charge is 2.18. The van der Waals surface area contributed by atoms with Crippen molar-refractivity contribution in [2.24, 2.45) is 5.14 Å². The monoisotopic (exact) mass is 214 g/mol. The highest BCUT2D eigenvalue weighted by Crippen LogP contribution is 2.23. The van der Waals surface area contributed by atoms with Gasteiger partial charge in [-0.25, -0.2) is 17.9 Å². The van der Waals surface area contributed by atoms with Gasteiger partial charge in [0.15, 0.2) is 0 Å². The second-order valence-electron chi connectivity index (χ2n) is 2.86. The Bertz CT molecular complexity index is 588. The van der Waals surface area contributed by atoms with E-state index in [9.17, 15) is 12.8 Å². The Kier molecular flexibility index (Phi) is 1.83. The molecular weight excluding hydrogens is 207 g/mol. The molecule has 0 radical (unpaired) electrons. The molecule has 2 aromatic rings. The van der Waals surface area contributed by atoms with Crippen LogP contribution in [0, 0.1) is 5.82 Å². The third-order valence-corrected chi connectivity index (χ3v) is 2.91. The van der Waals surface area contributed by atoms with Gasteiger partial charge in [0, 0.05) is 17.1 Å². The molecule has 0 saturated heterocycles. The van der Waals surface area contributed by atoms with Gasteiger partial charge in [-0.1, -0.05) is 0 Å². The summed E-state index contributed by atoms with van der Waals surface area (Å²) < 4.78 is 35.4. The van der Waals surface area contributed by atoms with Crippen LogP contribution in [0.5, 0.6) is 0 Å². The highest BCUT2D eigenvalue weighted by atomic mass is 32.2. The Balaban J connectivity index is 2.98. The first-order valence-electron chi connectivity index (χ1n) is 3.78. The van der Waals surface area contributed by atoms with Crippen molar-refractivity contribution in [2.75, 3.05) is 0 Å². The number of aromatic amines is 1. The summed E-state index contributed by atoms with van der Waals surface area (Å²) >= 11 is 0. The molecule has 0 atom stereocenters. The van der Waals surface area contributed by atoms with Crippen molar-refractivity contribution in [1.29, 1.82) is 0 Å². The van der Waals surface area contributed by atoms with E-state index in [-0.39, 0.29) is 5.39 Å². The van der Waals surface area contributed by atoms with Crippen LogP contribution in [0.4, 0.5) is 4.39 Å². The van der Waals surface area contributed by atoms with E-state index in [1.165, 1.54) is 18.3 Å². The van der Waals surface area contributed by atoms with Gasteiger partial charge in [0.1, 0.15) is 10.7 Å². The Morgan fingerprint density at radius 3 is 2.64 bits per heavy atom. The fraction of sp³-hybridized carbons (Fsp3) is 0. The number of fused-ring (bicyclic) bond motifs is 1. The Morgan fingerprint density at radius 2 is 2.00 bits per heavy atom. The minimum atomic E-state index is -4.02. The Morgan fingerprint density at radius 1 is 1.29 bits per heavy atom. The second kappa shape index (κ2) is 2.79. The van der Waals surface area contributed by atoms with Crippen molar-refractivity contribution >= 4 is 20.9 Å². The lowest BCUT2D eigenvalue weighted by atomic mass is 10.2. The minimum Gasteiger partial charge on any atom is -0.361 e. The van der Waals surface area contributed by atoms with Crippen LogP contribution in [0.2, 0.25) is 0 Å². The molecule has 1 aromatic heterocycles. The largest absolute Gasteiger partial charge is 0.361 e. The zero-order valence-electron chi connectivity index (χ0n) is 6.99. The molecule has 0 aliphatic heterocycles. The van der Waals surface area contributed by atoms with Crippen molar-refractivity contribution in [2.45, 2.75) is 4.90 Å². The van der Waals surface area contributed by atoms with Gasteiger partial charge in [0.25, 0.3) is 0 Å². The molecule has 4 nitrogen and oxygen atoms in total. The predicted molar refractivity (Wildman–Crippen MR) is 49.6 cm³/mol. The van der Waals surface area contributed by atoms with Crippen molar-refractivity contribution in [3.05, 3.63) is 30.2 Å². The molecule has 0 aliphatic rings. The zero-order chi connectivity index (χ0) is 10.3. The maximum absolute atomic E-state index is 13.2. The van der Waals surface area contributed by atoms with Crippen LogP contribution < -0.4 is 5.14 Å². The number of benzene rings is 1. The van der Waals surface area contributed by atoms with Gasteiger partial charge < -0.3 is 4.98 Å². The molecule has 0 spiro atoms. The molecule has 0 bridgehead atoms. The molecule has 1 heterocycles. The van der Waals surface area contributed by atoms with Crippen LogP contribution in [0.1, 0.15) is 0 Å². The first kappa shape index (κ1) is 9.17. The molecule has 0 amide bonds. The molecule has 0 saturated carbocycles. The number of halogens is 1. The average Bonchev–Trinajstić information content (AvgIpc) is 2.48. The van der Waals surface area contributed by atoms with Gasteiger partial charge in [0.2, 0.25) is 10.0 Å². The summed E-state index contributed by atoms with van der Waals surface area (Å²) in [6.45, 7) is 0. The van der Waals surface area contributed by atoms with Crippen molar-refractivity contribution in [3.63, 3.8) is 0 Å². The fourth-order valence-corrected chi connectivity index (χ4v) is 2.19. The fourth-order valence-electron chi connectivity index (χ4n) is 1.37. The second-order valence-corrected chi connectivity index (χ2v) is 4.36. The van der Waals surface area contributed by atoms with Crippen LogP contribution in [0.25, 0.3) is 10.9 Å². The standard InChI is InChI=1S/C8H7FN2O2S/c9-6-1-2-7-5(3-4-11-7)8(6)14(10,12)13/h1-4,11H,(H2,10,12,13). The molecule has 74 valence electrons. The van der Waals surface area contributed by atoms with E-state index in [1.54, 1.807) is 0 Å². The third kappa shape index (κ3) is 1.28. The van der Waals surface area contributed by atoms with Crippen LogP contribution in [-0.4, -0.2) is 13.4 Å². The number of aromatic nitrogens is 1. The van der Waals surface area contributed by atoms with Crippen molar-refractivity contribution in [3.8, 4) is 0 Å². The number of sulfonamides is 1. The van der Waals surface area contributed by atoms with Crippen molar-refractivity contribution in [1.82, 2.24) is 4.98 Å². The maximum Gasteiger partial charge on any atom is 0.241 e. The average molecular weight is 214 g/mol. The third-order valence-electron chi connectivity index (χ3n) is 1.92. The molecule has 6 heteroatoms. The normalized spacial score (nSPS) is 12.1. The molecule has 2 rings (SSSR count). The number of rotatable bonds is 1. The number of hydrogen-bond acceptors (Lipinski definition) is 2. The van der Waals surface area contributed by atoms with Gasteiger partial charge in [-0.05, 0) is 18.2 Å². The first-order valence-corrected chi connectivity index (χ1v) is 5.33. The molecule has 14 heavy (non-hydrogen) atoms. The quantitative estimate of drug-likeness (QED) is 0.741. The van der Waals surface area contributed by atoms with E-state index < -0.39 is 20.7 Å². The smallest absolute Gasteiger partial charge is 0.241 e. The van der Waals surface area contributed by atoms with E-state index in [4.69, 9.17) is 5.14 Å². The summed E-state index contributed by atoms with van der Waals surface area (Å²) in [4.78, 5) is 2.31. The number of hydrogen-bond donors (Lipinski definition) is 2. The summed E-state index contributed by atoms with van der Waals surface area (Å²) in [6.07, 6.45) is 1.53. The number of primary sulfonamides is 1. The van der Waals surface area contributed by atoms with E-state index in [2.05, 4.69) is 4.98 Å². The van der Waals surface area contributed by atoms with Crippen LogP contribution >= 0.6 is 0 Å². The molecule has 0 unspecified atom stereocenters. The summed E-state index contributed by atoms with van der Waals surface area (Å²) in [5, 5.41) is 5.17. The topological polar surface area (TPSA) is 76.0 Å². The number of nitrogens with two attached hydrogens (primary N) is 1. The number of H-pyrrole nitrogens is 1. The van der Waals surface area contributed by atoms with E-state index in [1.807, 2.05) is 0 Å². The van der Waals surface area contributed by atoms with Crippen LogP contribution in [-0.2, 0) is 10.0 Å².